The van der Waals surface area contributed by atoms with Crippen LogP contribution < -0.4 is 34.7 Å². The molecule has 0 saturated heterocycles. The Kier molecular flexibility index (Phi) is 20.3. The first-order valence-electron chi connectivity index (χ1n) is 8.03. The molecule has 0 bridgehead atoms. The van der Waals surface area contributed by atoms with E-state index in [0.29, 0.717) is 6.42 Å². The van der Waals surface area contributed by atoms with Gasteiger partial charge in [0, 0.05) is 12.4 Å². The van der Waals surface area contributed by atoms with Crippen LogP contribution in [0.4, 0.5) is 0 Å². The number of rotatable bonds is 13. The molecular formula is C18H29NaO3. The molecule has 1 unspecified atom stereocenters. The zero-order valence-corrected chi connectivity index (χ0v) is 16.2. The first kappa shape index (κ1) is 23.9. The largest absolute Gasteiger partial charge is 1.00 e. The number of aliphatic hydroxyl groups excluding tert-OH is 1. The Hall–Kier alpha value is -0.350. The maximum atomic E-state index is 10.3. The number of carboxylic acid groups (broad SMARTS) is 1. The fourth-order valence-electron chi connectivity index (χ4n) is 1.91. The smallest absolute Gasteiger partial charge is 0.550 e. The minimum absolute atomic E-state index is 0. The molecule has 4 heteroatoms. The minimum atomic E-state index is -1.18. The molecule has 0 spiro atoms. The van der Waals surface area contributed by atoms with Gasteiger partial charge in [0.15, 0.2) is 0 Å². The van der Waals surface area contributed by atoms with Crippen molar-refractivity contribution in [1.82, 2.24) is 0 Å². The summed E-state index contributed by atoms with van der Waals surface area (Å²) < 4.78 is 0. The topological polar surface area (TPSA) is 60.4 Å². The molecule has 0 fully saturated rings. The second kappa shape index (κ2) is 18.7. The third-order valence-electron chi connectivity index (χ3n) is 3.14. The maximum Gasteiger partial charge on any atom is 1.00 e. The van der Waals surface area contributed by atoms with Crippen molar-refractivity contribution in [3.63, 3.8) is 0 Å². The summed E-state index contributed by atoms with van der Waals surface area (Å²) in [6.45, 7) is 2.19. The summed E-state index contributed by atoms with van der Waals surface area (Å²) in [5, 5.41) is 19.6. The molecule has 0 aliphatic carbocycles. The molecule has 0 rings (SSSR count). The van der Waals surface area contributed by atoms with Crippen LogP contribution >= 0.6 is 0 Å². The Labute approximate surface area is 157 Å². The van der Waals surface area contributed by atoms with Crippen molar-refractivity contribution in [2.75, 3.05) is 0 Å². The van der Waals surface area contributed by atoms with Gasteiger partial charge in [0.2, 0.25) is 0 Å². The van der Waals surface area contributed by atoms with Gasteiger partial charge in [-0.2, -0.15) is 0 Å². The number of aliphatic carboxylic acids is 1. The van der Waals surface area contributed by atoms with Gasteiger partial charge in [0.05, 0.1) is 6.10 Å². The number of aliphatic hydroxyl groups is 1. The van der Waals surface area contributed by atoms with Crippen molar-refractivity contribution < 1.29 is 44.6 Å². The van der Waals surface area contributed by atoms with Crippen LogP contribution in [0.25, 0.3) is 0 Å². The summed E-state index contributed by atoms with van der Waals surface area (Å²) in [5.41, 5.74) is 0. The molecule has 22 heavy (non-hydrogen) atoms. The second-order valence-corrected chi connectivity index (χ2v) is 5.25. The molecule has 0 radical (unpaired) electrons. The van der Waals surface area contributed by atoms with Crippen LogP contribution in [0.2, 0.25) is 0 Å². The molecule has 0 saturated carbocycles. The van der Waals surface area contributed by atoms with Gasteiger partial charge in [-0.1, -0.05) is 69.1 Å². The Morgan fingerprint density at radius 2 is 1.59 bits per heavy atom. The molecule has 0 heterocycles. The van der Waals surface area contributed by atoms with Crippen LogP contribution in [-0.4, -0.2) is 17.2 Å². The van der Waals surface area contributed by atoms with Gasteiger partial charge in [-0.05, 0) is 25.7 Å². The Bertz CT molecular complexity index is 335. The number of carboxylic acids is 1. The predicted molar refractivity (Wildman–Crippen MR) is 85.7 cm³/mol. The first-order chi connectivity index (χ1) is 10.2. The van der Waals surface area contributed by atoms with Crippen LogP contribution in [0.15, 0.2) is 36.5 Å². The third kappa shape index (κ3) is 19.7. The van der Waals surface area contributed by atoms with E-state index in [1.807, 2.05) is 12.2 Å². The molecule has 0 aliphatic heterocycles. The van der Waals surface area contributed by atoms with E-state index in [4.69, 9.17) is 0 Å². The van der Waals surface area contributed by atoms with Gasteiger partial charge >= 0.3 is 29.6 Å². The van der Waals surface area contributed by atoms with Gasteiger partial charge in [0.1, 0.15) is 0 Å². The van der Waals surface area contributed by atoms with Crippen molar-refractivity contribution in [2.24, 2.45) is 0 Å². The summed E-state index contributed by atoms with van der Waals surface area (Å²) in [5.74, 6) is -1.18. The third-order valence-corrected chi connectivity index (χ3v) is 3.14. The van der Waals surface area contributed by atoms with E-state index in [2.05, 4.69) is 31.2 Å². The van der Waals surface area contributed by atoms with Gasteiger partial charge < -0.3 is 15.0 Å². The monoisotopic (exact) mass is 316 g/mol. The van der Waals surface area contributed by atoms with Crippen molar-refractivity contribution in [1.29, 1.82) is 0 Å². The standard InChI is InChI=1S/C18H30O3.Na/c1-2-3-4-5-6-7-8-9-10-11-12-13-14-15-17(19)16-18(20)21;/h5-10,17,19H,2-4,11-16H2,1H3,(H,20,21);/q;+1/p-1/b6-5+,8-7+,10-9+;. The van der Waals surface area contributed by atoms with Crippen LogP contribution in [0.5, 0.6) is 0 Å². The normalized spacial score (nSPS) is 13.0. The average molecular weight is 316 g/mol. The molecular weight excluding hydrogens is 287 g/mol. The molecule has 0 amide bonds. The number of allylic oxidation sites excluding steroid dienone is 6. The van der Waals surface area contributed by atoms with Crippen LogP contribution in [0.1, 0.15) is 64.7 Å². The van der Waals surface area contributed by atoms with E-state index in [9.17, 15) is 15.0 Å². The average Bonchev–Trinajstić information content (AvgIpc) is 2.43. The van der Waals surface area contributed by atoms with E-state index in [-0.39, 0.29) is 36.0 Å². The Balaban J connectivity index is 0. The number of unbranched alkanes of at least 4 members (excludes halogenated alkanes) is 5. The van der Waals surface area contributed by atoms with Gasteiger partial charge in [0.25, 0.3) is 0 Å². The Morgan fingerprint density at radius 1 is 1.00 bits per heavy atom. The zero-order valence-electron chi connectivity index (χ0n) is 14.2. The fourth-order valence-corrected chi connectivity index (χ4v) is 1.91. The number of carbonyl (C=O) groups is 1. The molecule has 120 valence electrons. The van der Waals surface area contributed by atoms with E-state index < -0.39 is 12.1 Å². The number of hydrogen-bond donors (Lipinski definition) is 1. The van der Waals surface area contributed by atoms with Crippen LogP contribution in [-0.2, 0) is 4.79 Å². The molecule has 1 N–H and O–H groups in total. The summed E-state index contributed by atoms with van der Waals surface area (Å²) in [6.07, 6.45) is 19.6. The quantitative estimate of drug-likeness (QED) is 0.302. The second-order valence-electron chi connectivity index (χ2n) is 5.25. The van der Waals surface area contributed by atoms with Gasteiger partial charge in [-0.15, -0.1) is 0 Å². The Morgan fingerprint density at radius 3 is 2.14 bits per heavy atom. The molecule has 0 aliphatic rings. The van der Waals surface area contributed by atoms with Gasteiger partial charge in [-0.25, -0.2) is 0 Å². The van der Waals surface area contributed by atoms with Crippen molar-refractivity contribution in [2.45, 2.75) is 70.8 Å². The number of carbonyl (C=O) groups excluding carboxylic acids is 1. The number of hydrogen-bond acceptors (Lipinski definition) is 3. The SMILES string of the molecule is CCCC/C=C/C=C/C=C/CCCCCC(O)CC(=O)[O-].[Na+]. The molecule has 1 atom stereocenters. The van der Waals surface area contributed by atoms with E-state index in [0.717, 1.165) is 32.1 Å². The van der Waals surface area contributed by atoms with Crippen molar-refractivity contribution in [3.8, 4) is 0 Å². The summed E-state index contributed by atoms with van der Waals surface area (Å²) in [4.78, 5) is 10.3. The van der Waals surface area contributed by atoms with Crippen LogP contribution in [0, 0.1) is 0 Å². The molecule has 0 aromatic heterocycles. The molecule has 0 aromatic rings. The van der Waals surface area contributed by atoms with E-state index in [1.165, 1.54) is 12.8 Å². The van der Waals surface area contributed by atoms with Crippen LogP contribution in [0.3, 0.4) is 0 Å². The van der Waals surface area contributed by atoms with E-state index in [1.54, 1.807) is 0 Å². The van der Waals surface area contributed by atoms with E-state index >= 15 is 0 Å². The van der Waals surface area contributed by atoms with Crippen molar-refractivity contribution in [3.05, 3.63) is 36.5 Å². The first-order valence-corrected chi connectivity index (χ1v) is 8.03. The zero-order chi connectivity index (χ0) is 15.8. The summed E-state index contributed by atoms with van der Waals surface area (Å²) >= 11 is 0. The maximum absolute atomic E-state index is 10.3. The molecule has 3 nitrogen and oxygen atoms in total. The van der Waals surface area contributed by atoms with Crippen molar-refractivity contribution >= 4 is 5.97 Å². The summed E-state index contributed by atoms with van der Waals surface area (Å²) in [6, 6.07) is 0. The fraction of sp³-hybridized carbons (Fsp3) is 0.611. The minimum Gasteiger partial charge on any atom is -0.550 e. The predicted octanol–water partition coefficient (Wildman–Crippen LogP) is 0.301. The van der Waals surface area contributed by atoms with Gasteiger partial charge in [-0.3, -0.25) is 0 Å². The molecule has 0 aromatic carbocycles. The summed E-state index contributed by atoms with van der Waals surface area (Å²) in [7, 11) is 0.